The zero-order chi connectivity index (χ0) is 12.3. The van der Waals surface area contributed by atoms with Crippen LogP contribution >= 0.6 is 0 Å². The van der Waals surface area contributed by atoms with E-state index in [1.807, 2.05) is 18.2 Å². The first-order valence-corrected chi connectivity index (χ1v) is 5.36. The Morgan fingerprint density at radius 2 is 2.00 bits per heavy atom. The SMILES string of the molecule is COc1ccc(N)c(Cc2cccc(F)c2)c1. The second-order valence-corrected chi connectivity index (χ2v) is 3.87. The monoisotopic (exact) mass is 231 g/mol. The minimum absolute atomic E-state index is 0.232. The molecule has 0 aliphatic carbocycles. The fraction of sp³-hybridized carbons (Fsp3) is 0.143. The van der Waals surface area contributed by atoms with Gasteiger partial charge in [-0.15, -0.1) is 0 Å². The second-order valence-electron chi connectivity index (χ2n) is 3.87. The molecular formula is C14H14FNO. The molecule has 0 amide bonds. The smallest absolute Gasteiger partial charge is 0.123 e. The Balaban J connectivity index is 2.29. The number of hydrogen-bond acceptors (Lipinski definition) is 2. The van der Waals surface area contributed by atoms with Crippen molar-refractivity contribution in [1.29, 1.82) is 0 Å². The van der Waals surface area contributed by atoms with E-state index >= 15 is 0 Å². The zero-order valence-corrected chi connectivity index (χ0v) is 9.61. The van der Waals surface area contributed by atoms with Crippen LogP contribution < -0.4 is 10.5 Å². The maximum Gasteiger partial charge on any atom is 0.123 e. The molecule has 0 saturated carbocycles. The van der Waals surface area contributed by atoms with Gasteiger partial charge < -0.3 is 10.5 Å². The van der Waals surface area contributed by atoms with Crippen LogP contribution in [0.4, 0.5) is 10.1 Å². The van der Waals surface area contributed by atoms with Crippen LogP contribution in [0.3, 0.4) is 0 Å². The Labute approximate surface area is 99.8 Å². The van der Waals surface area contributed by atoms with Crippen molar-refractivity contribution < 1.29 is 9.13 Å². The lowest BCUT2D eigenvalue weighted by molar-refractivity contribution is 0.414. The highest BCUT2D eigenvalue weighted by atomic mass is 19.1. The number of ether oxygens (including phenoxy) is 1. The molecule has 0 aliphatic rings. The molecule has 88 valence electrons. The van der Waals surface area contributed by atoms with E-state index in [1.165, 1.54) is 12.1 Å². The van der Waals surface area contributed by atoms with Crippen molar-refractivity contribution in [2.24, 2.45) is 0 Å². The van der Waals surface area contributed by atoms with Gasteiger partial charge in [0.1, 0.15) is 11.6 Å². The van der Waals surface area contributed by atoms with Gasteiger partial charge in [-0.25, -0.2) is 4.39 Å². The van der Waals surface area contributed by atoms with Crippen molar-refractivity contribution in [2.75, 3.05) is 12.8 Å². The van der Waals surface area contributed by atoms with Gasteiger partial charge in [0.15, 0.2) is 0 Å². The van der Waals surface area contributed by atoms with E-state index in [2.05, 4.69) is 0 Å². The Bertz CT molecular complexity index is 525. The summed E-state index contributed by atoms with van der Waals surface area (Å²) in [4.78, 5) is 0. The number of nitrogens with two attached hydrogens (primary N) is 1. The molecule has 0 unspecified atom stereocenters. The van der Waals surface area contributed by atoms with Gasteiger partial charge in [0.2, 0.25) is 0 Å². The van der Waals surface area contributed by atoms with Gasteiger partial charge in [-0.05, 0) is 47.9 Å². The third-order valence-electron chi connectivity index (χ3n) is 2.63. The summed E-state index contributed by atoms with van der Waals surface area (Å²) in [5.41, 5.74) is 8.40. The van der Waals surface area contributed by atoms with E-state index in [0.717, 1.165) is 16.9 Å². The first-order chi connectivity index (χ1) is 8.19. The summed E-state index contributed by atoms with van der Waals surface area (Å²) in [6.45, 7) is 0. The summed E-state index contributed by atoms with van der Waals surface area (Å²) in [6, 6.07) is 12.0. The predicted molar refractivity (Wildman–Crippen MR) is 66.6 cm³/mol. The maximum atomic E-state index is 13.1. The highest BCUT2D eigenvalue weighted by Gasteiger charge is 2.03. The van der Waals surface area contributed by atoms with E-state index in [9.17, 15) is 4.39 Å². The molecule has 0 spiro atoms. The quantitative estimate of drug-likeness (QED) is 0.824. The summed E-state index contributed by atoms with van der Waals surface area (Å²) in [6.07, 6.45) is 0.598. The Hall–Kier alpha value is -2.03. The Kier molecular flexibility index (Phi) is 3.28. The summed E-state index contributed by atoms with van der Waals surface area (Å²) >= 11 is 0. The van der Waals surface area contributed by atoms with Crippen LogP contribution in [0.25, 0.3) is 0 Å². The molecule has 2 rings (SSSR count). The number of halogens is 1. The van der Waals surface area contributed by atoms with Crippen molar-refractivity contribution >= 4 is 5.69 Å². The molecule has 0 aromatic heterocycles. The standard InChI is InChI=1S/C14H14FNO/c1-17-13-5-6-14(16)11(9-13)7-10-3-2-4-12(15)8-10/h2-6,8-9H,7,16H2,1H3. The minimum Gasteiger partial charge on any atom is -0.497 e. The van der Waals surface area contributed by atoms with Crippen LogP contribution in [0.2, 0.25) is 0 Å². The minimum atomic E-state index is -0.232. The molecule has 0 saturated heterocycles. The highest BCUT2D eigenvalue weighted by Crippen LogP contribution is 2.22. The first-order valence-electron chi connectivity index (χ1n) is 5.36. The van der Waals surface area contributed by atoms with Crippen molar-refractivity contribution in [3.8, 4) is 5.75 Å². The molecular weight excluding hydrogens is 217 g/mol. The average Bonchev–Trinajstić information content (AvgIpc) is 2.32. The molecule has 17 heavy (non-hydrogen) atoms. The largest absolute Gasteiger partial charge is 0.497 e. The summed E-state index contributed by atoms with van der Waals surface area (Å²) in [5.74, 6) is 0.523. The average molecular weight is 231 g/mol. The second kappa shape index (κ2) is 4.87. The number of nitrogen functional groups attached to an aromatic ring is 1. The van der Waals surface area contributed by atoms with Crippen molar-refractivity contribution in [3.05, 3.63) is 59.4 Å². The predicted octanol–water partition coefficient (Wildman–Crippen LogP) is 3.01. The molecule has 0 aliphatic heterocycles. The number of anilines is 1. The summed E-state index contributed by atoms with van der Waals surface area (Å²) in [7, 11) is 1.61. The van der Waals surface area contributed by atoms with E-state index < -0.39 is 0 Å². The van der Waals surface area contributed by atoms with Crippen molar-refractivity contribution in [1.82, 2.24) is 0 Å². The Morgan fingerprint density at radius 1 is 1.18 bits per heavy atom. The zero-order valence-electron chi connectivity index (χ0n) is 9.61. The van der Waals surface area contributed by atoms with E-state index in [4.69, 9.17) is 10.5 Å². The molecule has 2 aromatic carbocycles. The van der Waals surface area contributed by atoms with Gasteiger partial charge in [0, 0.05) is 5.69 Å². The number of hydrogen-bond donors (Lipinski definition) is 1. The molecule has 0 fully saturated rings. The number of rotatable bonds is 3. The molecule has 0 atom stereocenters. The molecule has 2 nitrogen and oxygen atoms in total. The normalized spacial score (nSPS) is 10.2. The molecule has 0 bridgehead atoms. The van der Waals surface area contributed by atoms with E-state index in [1.54, 1.807) is 19.2 Å². The topological polar surface area (TPSA) is 35.2 Å². The van der Waals surface area contributed by atoms with E-state index in [0.29, 0.717) is 12.1 Å². The fourth-order valence-electron chi connectivity index (χ4n) is 1.73. The van der Waals surface area contributed by atoms with Crippen LogP contribution in [-0.2, 0) is 6.42 Å². The van der Waals surface area contributed by atoms with Gasteiger partial charge in [-0.3, -0.25) is 0 Å². The van der Waals surface area contributed by atoms with Crippen LogP contribution in [-0.4, -0.2) is 7.11 Å². The molecule has 0 heterocycles. The maximum absolute atomic E-state index is 13.1. The van der Waals surface area contributed by atoms with Gasteiger partial charge in [0.05, 0.1) is 7.11 Å². The Morgan fingerprint density at radius 3 is 2.71 bits per heavy atom. The van der Waals surface area contributed by atoms with Gasteiger partial charge in [0.25, 0.3) is 0 Å². The van der Waals surface area contributed by atoms with Crippen molar-refractivity contribution in [3.63, 3.8) is 0 Å². The van der Waals surface area contributed by atoms with Gasteiger partial charge in [-0.1, -0.05) is 12.1 Å². The van der Waals surface area contributed by atoms with E-state index in [-0.39, 0.29) is 5.82 Å². The summed E-state index contributed by atoms with van der Waals surface area (Å²) < 4.78 is 18.2. The third kappa shape index (κ3) is 2.75. The number of methoxy groups -OCH3 is 1. The fourth-order valence-corrected chi connectivity index (χ4v) is 1.73. The van der Waals surface area contributed by atoms with Gasteiger partial charge in [-0.2, -0.15) is 0 Å². The lowest BCUT2D eigenvalue weighted by Crippen LogP contribution is -1.97. The first kappa shape index (κ1) is 11.5. The van der Waals surface area contributed by atoms with Crippen LogP contribution in [0.15, 0.2) is 42.5 Å². The van der Waals surface area contributed by atoms with Crippen LogP contribution in [0.1, 0.15) is 11.1 Å². The van der Waals surface area contributed by atoms with Gasteiger partial charge >= 0.3 is 0 Å². The molecule has 3 heteroatoms. The van der Waals surface area contributed by atoms with Crippen molar-refractivity contribution in [2.45, 2.75) is 6.42 Å². The number of benzene rings is 2. The lowest BCUT2D eigenvalue weighted by Gasteiger charge is -2.08. The summed E-state index contributed by atoms with van der Waals surface area (Å²) in [5, 5.41) is 0. The third-order valence-corrected chi connectivity index (χ3v) is 2.63. The van der Waals surface area contributed by atoms with Crippen LogP contribution in [0.5, 0.6) is 5.75 Å². The lowest BCUT2D eigenvalue weighted by atomic mass is 10.0. The molecule has 0 radical (unpaired) electrons. The highest BCUT2D eigenvalue weighted by molar-refractivity contribution is 5.52. The molecule has 2 aromatic rings. The van der Waals surface area contributed by atoms with Crippen LogP contribution in [0, 0.1) is 5.82 Å². The molecule has 2 N–H and O–H groups in total.